The van der Waals surface area contributed by atoms with Gasteiger partial charge in [-0.2, -0.15) is 0 Å². The van der Waals surface area contributed by atoms with Gasteiger partial charge < -0.3 is 5.32 Å². The van der Waals surface area contributed by atoms with Crippen LogP contribution in [0.15, 0.2) is 35.9 Å². The molecule has 1 saturated carbocycles. The molecule has 1 heterocycles. The zero-order valence-corrected chi connectivity index (χ0v) is 20.2. The van der Waals surface area contributed by atoms with E-state index in [2.05, 4.69) is 5.32 Å². The van der Waals surface area contributed by atoms with Crippen LogP contribution in [-0.2, 0) is 24.1 Å². The Kier molecular flexibility index (Phi) is 8.37. The van der Waals surface area contributed by atoms with Gasteiger partial charge in [0.05, 0.1) is 23.5 Å². The maximum absolute atomic E-state index is 13.6. The molecule has 35 heavy (non-hydrogen) atoms. The Bertz CT molecular complexity index is 1140. The van der Waals surface area contributed by atoms with Crippen molar-refractivity contribution in [2.75, 3.05) is 12.0 Å². The Labute approximate surface area is 204 Å². The fraction of sp³-hybridized carbons (Fsp3) is 0.464. The average Bonchev–Trinajstić information content (AvgIpc) is 2.85. The van der Waals surface area contributed by atoms with Gasteiger partial charge in [0, 0.05) is 5.57 Å². The smallest absolute Gasteiger partial charge is 0.229 e. The predicted octanol–water partition coefficient (Wildman–Crippen LogP) is 6.69. The molecule has 0 atom stereocenters. The number of carbonyl (C=O) groups excluding carboxylic acids is 1. The second-order valence-electron chi connectivity index (χ2n) is 9.58. The lowest BCUT2D eigenvalue weighted by molar-refractivity contribution is -0.115. The number of halogens is 3. The van der Waals surface area contributed by atoms with Crippen LogP contribution in [-0.4, -0.2) is 22.5 Å². The van der Waals surface area contributed by atoms with Gasteiger partial charge in [-0.1, -0.05) is 55.9 Å². The van der Waals surface area contributed by atoms with Crippen LogP contribution in [0.5, 0.6) is 0 Å². The number of nitrogens with zero attached hydrogens (tertiary/aromatic N) is 2. The number of rotatable bonds is 8. The highest BCUT2D eigenvalue weighted by Gasteiger charge is 2.23. The normalized spacial score (nSPS) is 16.6. The number of hydrogen-bond acceptors (Lipinski definition) is 3. The van der Waals surface area contributed by atoms with Crippen molar-refractivity contribution in [3.63, 3.8) is 0 Å². The molecule has 2 aliphatic carbocycles. The minimum atomic E-state index is -0.979. The Morgan fingerprint density at radius 2 is 1.91 bits per heavy atom. The lowest BCUT2D eigenvalue weighted by Gasteiger charge is -2.23. The zero-order chi connectivity index (χ0) is 24.8. The van der Waals surface area contributed by atoms with Crippen molar-refractivity contribution in [1.29, 1.82) is 0 Å². The van der Waals surface area contributed by atoms with E-state index >= 15 is 0 Å². The first-order chi connectivity index (χ1) is 16.9. The van der Waals surface area contributed by atoms with Gasteiger partial charge in [-0.15, -0.1) is 0 Å². The summed E-state index contributed by atoms with van der Waals surface area (Å²) in [7, 11) is 0. The van der Waals surface area contributed by atoms with Gasteiger partial charge in [0.1, 0.15) is 6.67 Å². The van der Waals surface area contributed by atoms with Crippen molar-refractivity contribution in [1.82, 2.24) is 9.97 Å². The van der Waals surface area contributed by atoms with Crippen molar-refractivity contribution >= 4 is 17.3 Å². The van der Waals surface area contributed by atoms with Crippen LogP contribution < -0.4 is 5.32 Å². The van der Waals surface area contributed by atoms with Crippen molar-refractivity contribution < 1.29 is 18.0 Å². The average molecular weight is 484 g/mol. The summed E-state index contributed by atoms with van der Waals surface area (Å²) in [4.78, 5) is 22.5. The van der Waals surface area contributed by atoms with Crippen LogP contribution in [0.1, 0.15) is 74.5 Å². The van der Waals surface area contributed by atoms with E-state index in [0.717, 1.165) is 47.5 Å². The van der Waals surface area contributed by atoms with Crippen molar-refractivity contribution in [2.45, 2.75) is 71.1 Å². The summed E-state index contributed by atoms with van der Waals surface area (Å²) in [5.41, 5.74) is 4.68. The first kappa shape index (κ1) is 25.1. The lowest BCUT2D eigenvalue weighted by atomic mass is 9.85. The summed E-state index contributed by atoms with van der Waals surface area (Å²) in [6.45, 7) is 1.48. The van der Waals surface area contributed by atoms with Crippen LogP contribution in [0.3, 0.4) is 0 Å². The molecule has 0 saturated heterocycles. The molecule has 2 aliphatic rings. The number of benzene rings is 1. The first-order valence-electron chi connectivity index (χ1n) is 12.5. The molecular formula is C28H32F3N3O. The first-order valence-corrected chi connectivity index (χ1v) is 12.5. The molecule has 0 aliphatic heterocycles. The van der Waals surface area contributed by atoms with E-state index in [1.54, 1.807) is 6.08 Å². The molecule has 0 bridgehead atoms. The molecule has 0 unspecified atom stereocenters. The largest absolute Gasteiger partial charge is 0.309 e. The molecule has 4 rings (SSSR count). The van der Waals surface area contributed by atoms with Crippen LogP contribution in [0, 0.1) is 17.6 Å². The van der Waals surface area contributed by atoms with Crippen LogP contribution in [0.2, 0.25) is 0 Å². The third-order valence-corrected chi connectivity index (χ3v) is 6.99. The van der Waals surface area contributed by atoms with Crippen LogP contribution in [0.25, 0.3) is 5.57 Å². The summed E-state index contributed by atoms with van der Waals surface area (Å²) < 4.78 is 39.7. The van der Waals surface area contributed by atoms with Gasteiger partial charge in [-0.25, -0.2) is 23.1 Å². The van der Waals surface area contributed by atoms with E-state index in [1.807, 2.05) is 6.92 Å². The number of aromatic nitrogens is 2. The highest BCUT2D eigenvalue weighted by molar-refractivity contribution is 5.92. The van der Waals surface area contributed by atoms with E-state index in [-0.39, 0.29) is 12.3 Å². The van der Waals surface area contributed by atoms with Gasteiger partial charge in [0.15, 0.2) is 17.5 Å². The van der Waals surface area contributed by atoms with E-state index < -0.39 is 18.3 Å². The molecule has 1 N–H and O–H groups in total. The molecule has 1 fully saturated rings. The highest BCUT2D eigenvalue weighted by atomic mass is 19.2. The summed E-state index contributed by atoms with van der Waals surface area (Å²) in [6.07, 6.45) is 12.5. The van der Waals surface area contributed by atoms with Crippen LogP contribution >= 0.6 is 0 Å². The van der Waals surface area contributed by atoms with E-state index in [9.17, 15) is 18.0 Å². The molecule has 1 amide bonds. The number of alkyl halides is 1. The molecule has 186 valence electrons. The van der Waals surface area contributed by atoms with E-state index in [0.29, 0.717) is 35.8 Å². The highest BCUT2D eigenvalue weighted by Crippen LogP contribution is 2.33. The lowest BCUT2D eigenvalue weighted by Crippen LogP contribution is -2.20. The quantitative estimate of drug-likeness (QED) is 0.455. The van der Waals surface area contributed by atoms with Crippen molar-refractivity contribution in [3.05, 3.63) is 70.2 Å². The van der Waals surface area contributed by atoms with Gasteiger partial charge in [0.25, 0.3) is 0 Å². The zero-order valence-electron chi connectivity index (χ0n) is 20.2. The molecule has 7 heteroatoms. The van der Waals surface area contributed by atoms with Crippen molar-refractivity contribution in [3.8, 4) is 0 Å². The molecule has 4 nitrogen and oxygen atoms in total. The van der Waals surface area contributed by atoms with Gasteiger partial charge in [-0.3, -0.25) is 4.79 Å². The SMILES string of the molecule is CC1=C(/C=C\CF)c2nc(CCC3CCCCC3)c(NC(=O)Cc3ccc(F)c(F)c3)nc2CC1. The number of allylic oxidation sites excluding steroid dienone is 4. The Morgan fingerprint density at radius 1 is 1.11 bits per heavy atom. The maximum Gasteiger partial charge on any atom is 0.229 e. The standard InChI is InChI=1S/C28H32F3N3O/c1-18-9-13-24-27(21(18)8-5-15-29)32-25(14-11-19-6-3-2-4-7-19)28(33-24)34-26(35)17-20-10-12-22(30)23(31)16-20/h5,8,10,12,16,19H,2-4,6-7,9,11,13-15,17H2,1H3,(H,33,34,35)/b8-5-. The number of hydrogen-bond donors (Lipinski definition) is 1. The minimum absolute atomic E-state index is 0.0957. The molecule has 0 radical (unpaired) electrons. The van der Waals surface area contributed by atoms with Crippen molar-refractivity contribution in [2.24, 2.45) is 5.92 Å². The number of fused-ring (bicyclic) bond motifs is 1. The fourth-order valence-electron chi connectivity index (χ4n) is 5.02. The number of aryl methyl sites for hydroxylation is 2. The fourth-order valence-corrected chi connectivity index (χ4v) is 5.02. The van der Waals surface area contributed by atoms with Gasteiger partial charge in [-0.05, 0) is 56.2 Å². The number of anilines is 1. The predicted molar refractivity (Wildman–Crippen MR) is 132 cm³/mol. The second kappa shape index (κ2) is 11.6. The Hall–Kier alpha value is -2.96. The second-order valence-corrected chi connectivity index (χ2v) is 9.58. The Balaban J connectivity index is 1.60. The Morgan fingerprint density at radius 3 is 2.66 bits per heavy atom. The third kappa shape index (κ3) is 6.38. The van der Waals surface area contributed by atoms with E-state index in [1.165, 1.54) is 44.2 Å². The summed E-state index contributed by atoms with van der Waals surface area (Å²) in [5.74, 6) is -1.21. The number of carbonyl (C=O) groups is 1. The summed E-state index contributed by atoms with van der Waals surface area (Å²) >= 11 is 0. The molecule has 2 aromatic rings. The summed E-state index contributed by atoms with van der Waals surface area (Å²) in [6, 6.07) is 3.46. The van der Waals surface area contributed by atoms with Gasteiger partial charge in [0.2, 0.25) is 5.91 Å². The molecule has 1 aromatic heterocycles. The van der Waals surface area contributed by atoms with Gasteiger partial charge >= 0.3 is 0 Å². The monoisotopic (exact) mass is 483 g/mol. The van der Waals surface area contributed by atoms with E-state index in [4.69, 9.17) is 9.97 Å². The minimum Gasteiger partial charge on any atom is -0.309 e. The maximum atomic E-state index is 13.6. The molecular weight excluding hydrogens is 451 g/mol. The number of amides is 1. The summed E-state index contributed by atoms with van der Waals surface area (Å²) in [5, 5.41) is 2.88. The van der Waals surface area contributed by atoms with Crippen LogP contribution in [0.4, 0.5) is 19.0 Å². The molecule has 1 aromatic carbocycles. The number of nitrogens with one attached hydrogen (secondary N) is 1. The molecule has 0 spiro atoms. The topological polar surface area (TPSA) is 54.9 Å². The third-order valence-electron chi connectivity index (χ3n) is 6.99.